The minimum absolute atomic E-state index is 0.157. The van der Waals surface area contributed by atoms with Crippen LogP contribution in [-0.2, 0) is 11.3 Å². The largest absolute Gasteiger partial charge is 0.491 e. The average molecular weight is 311 g/mol. The summed E-state index contributed by atoms with van der Waals surface area (Å²) >= 11 is 0. The third kappa shape index (κ3) is 4.88. The number of ketones is 1. The van der Waals surface area contributed by atoms with Gasteiger partial charge >= 0.3 is 0 Å². The van der Waals surface area contributed by atoms with Crippen molar-refractivity contribution in [3.8, 4) is 5.75 Å². The maximum Gasteiger partial charge on any atom is 0.229 e. The van der Waals surface area contributed by atoms with E-state index >= 15 is 0 Å². The molecule has 0 unspecified atom stereocenters. The number of methoxy groups -OCH3 is 1. The molecule has 4 heteroatoms. The zero-order valence-corrected chi connectivity index (χ0v) is 13.7. The van der Waals surface area contributed by atoms with Gasteiger partial charge in [0.25, 0.3) is 0 Å². The van der Waals surface area contributed by atoms with Crippen molar-refractivity contribution in [1.82, 2.24) is 4.90 Å². The van der Waals surface area contributed by atoms with Gasteiger partial charge in [0.2, 0.25) is 5.78 Å². The lowest BCUT2D eigenvalue weighted by Crippen LogP contribution is -2.11. The molecule has 0 N–H and O–H groups in total. The predicted molar refractivity (Wildman–Crippen MR) is 90.3 cm³/mol. The van der Waals surface area contributed by atoms with Gasteiger partial charge in [-0.05, 0) is 29.8 Å². The monoisotopic (exact) mass is 311 g/mol. The molecule has 0 aromatic heterocycles. The number of ether oxygens (including phenoxy) is 2. The van der Waals surface area contributed by atoms with Gasteiger partial charge in [-0.15, -0.1) is 0 Å². The van der Waals surface area contributed by atoms with Crippen molar-refractivity contribution in [2.24, 2.45) is 0 Å². The Morgan fingerprint density at radius 3 is 2.26 bits per heavy atom. The number of hydrogen-bond donors (Lipinski definition) is 0. The molecule has 2 aromatic rings. The average Bonchev–Trinajstić information content (AvgIpc) is 2.58. The smallest absolute Gasteiger partial charge is 0.229 e. The molecule has 0 amide bonds. The Hall–Kier alpha value is -2.75. The van der Waals surface area contributed by atoms with Crippen LogP contribution in [0.3, 0.4) is 0 Å². The Morgan fingerprint density at radius 2 is 1.70 bits per heavy atom. The first-order valence-electron chi connectivity index (χ1n) is 7.34. The van der Waals surface area contributed by atoms with Crippen LogP contribution in [0, 0.1) is 0 Å². The van der Waals surface area contributed by atoms with Crippen LogP contribution in [-0.4, -0.2) is 31.9 Å². The molecule has 0 atom stereocenters. The van der Waals surface area contributed by atoms with Crippen LogP contribution >= 0.6 is 0 Å². The number of hydrogen-bond acceptors (Lipinski definition) is 4. The highest BCUT2D eigenvalue weighted by Crippen LogP contribution is 2.17. The van der Waals surface area contributed by atoms with Crippen LogP contribution in [0.4, 0.5) is 0 Å². The number of rotatable bonds is 7. The van der Waals surface area contributed by atoms with Crippen LogP contribution in [0.1, 0.15) is 15.9 Å². The van der Waals surface area contributed by atoms with Crippen molar-refractivity contribution in [3.05, 3.63) is 77.7 Å². The summed E-state index contributed by atoms with van der Waals surface area (Å²) in [5.74, 6) is 0.865. The number of Topliss-reactive ketones (excluding diaryl/α,β-unsaturated/α-hetero) is 1. The molecule has 4 nitrogen and oxygen atoms in total. The Balaban J connectivity index is 2.03. The van der Waals surface area contributed by atoms with Gasteiger partial charge < -0.3 is 14.4 Å². The summed E-state index contributed by atoms with van der Waals surface area (Å²) < 4.78 is 10.9. The highest BCUT2D eigenvalue weighted by atomic mass is 16.5. The number of benzene rings is 2. The van der Waals surface area contributed by atoms with Crippen molar-refractivity contribution >= 4 is 5.78 Å². The van der Waals surface area contributed by atoms with Crippen LogP contribution in [0.2, 0.25) is 0 Å². The van der Waals surface area contributed by atoms with Gasteiger partial charge in [0, 0.05) is 25.9 Å². The zero-order valence-electron chi connectivity index (χ0n) is 13.7. The maximum absolute atomic E-state index is 12.3. The van der Waals surface area contributed by atoms with Gasteiger partial charge in [-0.3, -0.25) is 4.79 Å². The molecule has 0 fully saturated rings. The number of carbonyl (C=O) groups excluding carboxylic acids is 1. The molecular formula is C19H21NO3. The maximum atomic E-state index is 12.3. The van der Waals surface area contributed by atoms with Crippen LogP contribution in [0.15, 0.2) is 66.6 Å². The molecule has 0 aliphatic heterocycles. The lowest BCUT2D eigenvalue weighted by Gasteiger charge is -2.11. The molecule has 0 aliphatic carbocycles. The molecule has 0 aliphatic rings. The number of carbonyl (C=O) groups is 1. The van der Waals surface area contributed by atoms with Crippen LogP contribution < -0.4 is 4.74 Å². The van der Waals surface area contributed by atoms with E-state index in [-0.39, 0.29) is 5.78 Å². The van der Waals surface area contributed by atoms with Gasteiger partial charge in [0.15, 0.2) is 5.76 Å². The normalized spacial score (nSPS) is 11.0. The molecule has 2 aromatic carbocycles. The minimum Gasteiger partial charge on any atom is -0.491 e. The highest BCUT2D eigenvalue weighted by molar-refractivity contribution is 6.07. The van der Waals surface area contributed by atoms with E-state index in [0.717, 1.165) is 11.3 Å². The van der Waals surface area contributed by atoms with E-state index in [4.69, 9.17) is 9.47 Å². The molecule has 0 spiro atoms. The fourth-order valence-electron chi connectivity index (χ4n) is 2.02. The van der Waals surface area contributed by atoms with E-state index in [9.17, 15) is 4.79 Å². The molecular weight excluding hydrogens is 290 g/mol. The molecule has 2 rings (SSSR count). The fraction of sp³-hybridized carbons (Fsp3) is 0.211. The van der Waals surface area contributed by atoms with Gasteiger partial charge in [-0.1, -0.05) is 30.3 Å². The molecule has 0 saturated heterocycles. The number of nitrogens with zero attached hydrogens (tertiary/aromatic N) is 1. The molecule has 0 saturated carbocycles. The van der Waals surface area contributed by atoms with Crippen molar-refractivity contribution in [2.45, 2.75) is 6.61 Å². The summed E-state index contributed by atoms with van der Waals surface area (Å²) in [7, 11) is 5.17. The first kappa shape index (κ1) is 16.6. The van der Waals surface area contributed by atoms with Crippen molar-refractivity contribution in [2.75, 3.05) is 21.2 Å². The van der Waals surface area contributed by atoms with Crippen molar-refractivity contribution in [1.29, 1.82) is 0 Å². The van der Waals surface area contributed by atoms with Crippen LogP contribution in [0.25, 0.3) is 0 Å². The lowest BCUT2D eigenvalue weighted by atomic mass is 10.1. The fourth-order valence-corrected chi connectivity index (χ4v) is 2.02. The highest BCUT2D eigenvalue weighted by Gasteiger charge is 2.13. The quantitative estimate of drug-likeness (QED) is 0.446. The van der Waals surface area contributed by atoms with E-state index in [2.05, 4.69) is 0 Å². The van der Waals surface area contributed by atoms with E-state index in [1.54, 1.807) is 35.4 Å². The topological polar surface area (TPSA) is 38.8 Å². The Kier molecular flexibility index (Phi) is 5.80. The van der Waals surface area contributed by atoms with Crippen molar-refractivity contribution < 1.29 is 14.3 Å². The van der Waals surface area contributed by atoms with Gasteiger partial charge in [-0.2, -0.15) is 0 Å². The second-order valence-corrected chi connectivity index (χ2v) is 5.29. The molecule has 23 heavy (non-hydrogen) atoms. The Bertz CT molecular complexity index is 661. The van der Waals surface area contributed by atoms with E-state index in [0.29, 0.717) is 17.9 Å². The minimum atomic E-state index is -0.157. The van der Waals surface area contributed by atoms with Crippen LogP contribution in [0.5, 0.6) is 5.75 Å². The molecule has 0 radical (unpaired) electrons. The second-order valence-electron chi connectivity index (χ2n) is 5.29. The van der Waals surface area contributed by atoms with Gasteiger partial charge in [0.1, 0.15) is 12.4 Å². The first-order chi connectivity index (χ1) is 11.1. The van der Waals surface area contributed by atoms with E-state index in [1.165, 1.54) is 7.11 Å². The molecule has 0 bridgehead atoms. The summed E-state index contributed by atoms with van der Waals surface area (Å²) in [5, 5.41) is 0. The summed E-state index contributed by atoms with van der Waals surface area (Å²) in [6.45, 7) is 0.498. The summed E-state index contributed by atoms with van der Waals surface area (Å²) in [5.41, 5.74) is 1.66. The van der Waals surface area contributed by atoms with Gasteiger partial charge in [0.05, 0.1) is 7.11 Å². The molecule has 0 heterocycles. The van der Waals surface area contributed by atoms with Gasteiger partial charge in [-0.25, -0.2) is 0 Å². The summed E-state index contributed by atoms with van der Waals surface area (Å²) in [6.07, 6.45) is 1.65. The zero-order chi connectivity index (χ0) is 16.7. The second kappa shape index (κ2) is 8.03. The lowest BCUT2D eigenvalue weighted by molar-refractivity contribution is 0.0948. The Labute approximate surface area is 137 Å². The van der Waals surface area contributed by atoms with E-state index in [1.807, 2.05) is 44.4 Å². The predicted octanol–water partition coefficient (Wildman–Crippen LogP) is 3.50. The summed E-state index contributed by atoms with van der Waals surface area (Å²) in [6, 6.07) is 17.0. The van der Waals surface area contributed by atoms with Crippen molar-refractivity contribution in [3.63, 3.8) is 0 Å². The SMILES string of the molecule is CO/C(=C\N(C)C)C(=O)c1ccc(OCc2ccccc2)cc1. The third-order valence-corrected chi connectivity index (χ3v) is 3.18. The first-order valence-corrected chi connectivity index (χ1v) is 7.34. The number of allylic oxidation sites excluding steroid dienone is 1. The standard InChI is InChI=1S/C19H21NO3/c1-20(2)13-18(22-3)19(21)16-9-11-17(12-10-16)23-14-15-7-5-4-6-8-15/h4-13H,14H2,1-3H3/b18-13-. The Morgan fingerprint density at radius 1 is 1.04 bits per heavy atom. The molecule has 120 valence electrons. The van der Waals surface area contributed by atoms with E-state index < -0.39 is 0 Å². The third-order valence-electron chi connectivity index (χ3n) is 3.18. The summed E-state index contributed by atoms with van der Waals surface area (Å²) in [4.78, 5) is 14.1.